The van der Waals surface area contributed by atoms with Crippen molar-refractivity contribution < 1.29 is 0 Å². The molecule has 1 fully saturated rings. The molecule has 2 atom stereocenters. The normalized spacial score (nSPS) is 30.7. The highest BCUT2D eigenvalue weighted by Gasteiger charge is 2.21. The van der Waals surface area contributed by atoms with Gasteiger partial charge in [0.15, 0.2) is 0 Å². The molecule has 2 unspecified atom stereocenters. The van der Waals surface area contributed by atoms with Crippen molar-refractivity contribution in [3.63, 3.8) is 0 Å². The molecule has 0 radical (unpaired) electrons. The minimum atomic E-state index is 0.807. The largest absolute Gasteiger partial charge is 0.330 e. The topological polar surface area (TPSA) is 29.3 Å². The molecular formula is C10H22N2S. The van der Waals surface area contributed by atoms with Crippen LogP contribution in [0.1, 0.15) is 26.7 Å². The van der Waals surface area contributed by atoms with Crippen LogP contribution < -0.4 is 5.73 Å². The Labute approximate surface area is 86.2 Å². The summed E-state index contributed by atoms with van der Waals surface area (Å²) in [4.78, 5) is 2.58. The van der Waals surface area contributed by atoms with Gasteiger partial charge < -0.3 is 10.6 Å². The molecule has 1 rings (SSSR count). The molecule has 1 saturated heterocycles. The minimum absolute atomic E-state index is 0.807. The van der Waals surface area contributed by atoms with Crippen molar-refractivity contribution >= 4 is 11.8 Å². The lowest BCUT2D eigenvalue weighted by Gasteiger charge is -2.34. The van der Waals surface area contributed by atoms with Crippen LogP contribution in [0.4, 0.5) is 0 Å². The van der Waals surface area contributed by atoms with Gasteiger partial charge in [0, 0.05) is 23.6 Å². The number of unbranched alkanes of at least 4 members (excludes halogenated alkanes) is 1. The second kappa shape index (κ2) is 5.89. The van der Waals surface area contributed by atoms with Crippen LogP contribution in [0.2, 0.25) is 0 Å². The molecule has 0 saturated carbocycles. The van der Waals surface area contributed by atoms with Crippen molar-refractivity contribution in [1.82, 2.24) is 4.90 Å². The fourth-order valence-corrected chi connectivity index (χ4v) is 3.33. The van der Waals surface area contributed by atoms with E-state index in [1.165, 1.54) is 32.5 Å². The van der Waals surface area contributed by atoms with E-state index in [1.54, 1.807) is 0 Å². The number of rotatable bonds is 4. The second-order valence-electron chi connectivity index (χ2n) is 4.01. The van der Waals surface area contributed by atoms with Gasteiger partial charge in [-0.3, -0.25) is 0 Å². The van der Waals surface area contributed by atoms with E-state index in [1.807, 2.05) is 0 Å². The highest BCUT2D eigenvalue weighted by molar-refractivity contribution is 8.00. The number of thioether (sulfide) groups is 1. The molecule has 0 bridgehead atoms. The number of hydrogen-bond acceptors (Lipinski definition) is 3. The maximum Gasteiger partial charge on any atom is 0.0149 e. The summed E-state index contributed by atoms with van der Waals surface area (Å²) >= 11 is 2.12. The highest BCUT2D eigenvalue weighted by Crippen LogP contribution is 2.24. The van der Waals surface area contributed by atoms with Crippen LogP contribution in [0.25, 0.3) is 0 Å². The van der Waals surface area contributed by atoms with Gasteiger partial charge >= 0.3 is 0 Å². The maximum atomic E-state index is 5.48. The van der Waals surface area contributed by atoms with E-state index in [0.717, 1.165) is 17.0 Å². The molecule has 1 aliphatic rings. The summed E-state index contributed by atoms with van der Waals surface area (Å²) in [6.45, 7) is 9.27. The molecule has 0 aromatic rings. The first-order chi connectivity index (χ1) is 6.22. The number of nitrogens with zero attached hydrogens (tertiary/aromatic N) is 1. The third-order valence-electron chi connectivity index (χ3n) is 2.42. The fourth-order valence-electron chi connectivity index (χ4n) is 1.95. The molecule has 2 nitrogen and oxygen atoms in total. The van der Waals surface area contributed by atoms with Crippen LogP contribution in [0.3, 0.4) is 0 Å². The lowest BCUT2D eigenvalue weighted by molar-refractivity contribution is 0.266. The molecule has 0 aliphatic carbocycles. The summed E-state index contributed by atoms with van der Waals surface area (Å²) in [7, 11) is 0. The lowest BCUT2D eigenvalue weighted by Crippen LogP contribution is -2.40. The molecule has 1 heterocycles. The predicted molar refractivity (Wildman–Crippen MR) is 61.2 cm³/mol. The van der Waals surface area contributed by atoms with E-state index in [-0.39, 0.29) is 0 Å². The van der Waals surface area contributed by atoms with E-state index in [0.29, 0.717) is 0 Å². The summed E-state index contributed by atoms with van der Waals surface area (Å²) in [6, 6.07) is 0. The van der Waals surface area contributed by atoms with Crippen LogP contribution in [0.15, 0.2) is 0 Å². The van der Waals surface area contributed by atoms with Crippen molar-refractivity contribution in [2.45, 2.75) is 37.2 Å². The zero-order chi connectivity index (χ0) is 9.68. The summed E-state index contributed by atoms with van der Waals surface area (Å²) in [5.41, 5.74) is 5.48. The molecule has 1 aliphatic heterocycles. The van der Waals surface area contributed by atoms with Gasteiger partial charge in [0.05, 0.1) is 0 Å². The van der Waals surface area contributed by atoms with Crippen molar-refractivity contribution in [2.24, 2.45) is 5.73 Å². The van der Waals surface area contributed by atoms with E-state index >= 15 is 0 Å². The van der Waals surface area contributed by atoms with Gasteiger partial charge in [0.2, 0.25) is 0 Å². The monoisotopic (exact) mass is 202 g/mol. The Morgan fingerprint density at radius 2 is 1.85 bits per heavy atom. The highest BCUT2D eigenvalue weighted by atomic mass is 32.2. The van der Waals surface area contributed by atoms with Gasteiger partial charge in [-0.05, 0) is 25.9 Å². The Morgan fingerprint density at radius 1 is 1.23 bits per heavy atom. The van der Waals surface area contributed by atoms with Crippen LogP contribution in [0.5, 0.6) is 0 Å². The Balaban J connectivity index is 2.17. The summed E-state index contributed by atoms with van der Waals surface area (Å²) in [5.74, 6) is 0. The molecule has 3 heteroatoms. The zero-order valence-electron chi connectivity index (χ0n) is 8.83. The van der Waals surface area contributed by atoms with Crippen LogP contribution in [-0.4, -0.2) is 41.6 Å². The fraction of sp³-hybridized carbons (Fsp3) is 1.00. The van der Waals surface area contributed by atoms with Crippen molar-refractivity contribution in [1.29, 1.82) is 0 Å². The molecule has 78 valence electrons. The van der Waals surface area contributed by atoms with Crippen molar-refractivity contribution in [3.05, 3.63) is 0 Å². The number of hydrogen-bond donors (Lipinski definition) is 1. The van der Waals surface area contributed by atoms with Gasteiger partial charge in [-0.25, -0.2) is 0 Å². The Morgan fingerprint density at radius 3 is 2.38 bits per heavy atom. The Hall–Kier alpha value is 0.270. The molecular weight excluding hydrogens is 180 g/mol. The average molecular weight is 202 g/mol. The van der Waals surface area contributed by atoms with E-state index < -0.39 is 0 Å². The Kier molecular flexibility index (Phi) is 5.14. The average Bonchev–Trinajstić information content (AvgIpc) is 2.03. The number of nitrogens with two attached hydrogens (primary N) is 1. The lowest BCUT2D eigenvalue weighted by atomic mass is 10.2. The molecule has 0 spiro atoms. The van der Waals surface area contributed by atoms with Crippen molar-refractivity contribution in [3.8, 4) is 0 Å². The maximum absolute atomic E-state index is 5.48. The first kappa shape index (κ1) is 11.3. The van der Waals surface area contributed by atoms with E-state index in [9.17, 15) is 0 Å². The van der Waals surface area contributed by atoms with Gasteiger partial charge in [-0.2, -0.15) is 11.8 Å². The van der Waals surface area contributed by atoms with Crippen molar-refractivity contribution in [2.75, 3.05) is 26.2 Å². The van der Waals surface area contributed by atoms with Gasteiger partial charge in [-0.15, -0.1) is 0 Å². The molecule has 13 heavy (non-hydrogen) atoms. The van der Waals surface area contributed by atoms with Gasteiger partial charge in [0.25, 0.3) is 0 Å². The molecule has 0 aromatic carbocycles. The zero-order valence-corrected chi connectivity index (χ0v) is 9.65. The quantitative estimate of drug-likeness (QED) is 0.701. The van der Waals surface area contributed by atoms with Crippen LogP contribution in [0, 0.1) is 0 Å². The third kappa shape index (κ3) is 4.34. The third-order valence-corrected chi connectivity index (χ3v) is 3.65. The summed E-state index contributed by atoms with van der Waals surface area (Å²) in [6.07, 6.45) is 2.44. The second-order valence-corrected chi connectivity index (χ2v) is 5.89. The standard InChI is InChI=1S/C10H22N2S/c1-9-7-12(6-4-3-5-11)8-10(2)13-9/h9-10H,3-8,11H2,1-2H3. The summed E-state index contributed by atoms with van der Waals surface area (Å²) < 4.78 is 0. The molecule has 0 amide bonds. The first-order valence-corrected chi connectivity index (χ1v) is 6.24. The van der Waals surface area contributed by atoms with Crippen LogP contribution >= 0.6 is 11.8 Å². The van der Waals surface area contributed by atoms with Gasteiger partial charge in [0.1, 0.15) is 0 Å². The van der Waals surface area contributed by atoms with E-state index in [4.69, 9.17) is 5.73 Å². The molecule has 2 N–H and O–H groups in total. The predicted octanol–water partition coefficient (Wildman–Crippen LogP) is 1.55. The molecule has 0 aromatic heterocycles. The smallest absolute Gasteiger partial charge is 0.0149 e. The van der Waals surface area contributed by atoms with Crippen LogP contribution in [-0.2, 0) is 0 Å². The summed E-state index contributed by atoms with van der Waals surface area (Å²) in [5, 5.41) is 1.61. The SMILES string of the molecule is CC1CN(CCCCN)CC(C)S1. The Bertz CT molecular complexity index is 131. The van der Waals surface area contributed by atoms with E-state index in [2.05, 4.69) is 30.5 Å². The van der Waals surface area contributed by atoms with Gasteiger partial charge in [-0.1, -0.05) is 13.8 Å². The minimum Gasteiger partial charge on any atom is -0.330 e. The first-order valence-electron chi connectivity index (χ1n) is 5.30.